The Balaban J connectivity index is 1.63. The normalized spacial score (nSPS) is 23.3. The molecule has 1 fully saturated rings. The van der Waals surface area contributed by atoms with Gasteiger partial charge in [-0.1, -0.05) is 19.1 Å². The quantitative estimate of drug-likeness (QED) is 0.912. The second-order valence-corrected chi connectivity index (χ2v) is 5.87. The monoisotopic (exact) mass is 257 g/mol. The van der Waals surface area contributed by atoms with E-state index >= 15 is 0 Å². The number of nitrogens with one attached hydrogen (secondary N) is 1. The van der Waals surface area contributed by atoms with E-state index in [-0.39, 0.29) is 0 Å². The lowest BCUT2D eigenvalue weighted by molar-refractivity contribution is 0.482. The number of aryl methyl sites for hydroxylation is 1. The summed E-state index contributed by atoms with van der Waals surface area (Å²) in [5, 5.41) is 3.69. The van der Waals surface area contributed by atoms with Crippen LogP contribution in [0.1, 0.15) is 32.0 Å². The number of nitrogens with zero attached hydrogens (tertiary/aromatic N) is 2. The van der Waals surface area contributed by atoms with Crippen LogP contribution in [0.5, 0.6) is 0 Å². The van der Waals surface area contributed by atoms with Gasteiger partial charge in [-0.2, -0.15) is 0 Å². The van der Waals surface area contributed by atoms with Crippen LogP contribution in [0, 0.1) is 12.8 Å². The average Bonchev–Trinajstić information content (AvgIpc) is 2.94. The van der Waals surface area contributed by atoms with Gasteiger partial charge in [0.15, 0.2) is 0 Å². The fraction of sp³-hybridized carbons (Fsp3) is 0.562. The lowest BCUT2D eigenvalue weighted by Crippen LogP contribution is -2.29. The number of benzene rings is 1. The van der Waals surface area contributed by atoms with Crippen molar-refractivity contribution in [3.8, 4) is 0 Å². The van der Waals surface area contributed by atoms with Crippen molar-refractivity contribution < 1.29 is 0 Å². The van der Waals surface area contributed by atoms with Crippen molar-refractivity contribution in [2.24, 2.45) is 5.92 Å². The van der Waals surface area contributed by atoms with E-state index in [0.717, 1.165) is 36.4 Å². The molecule has 3 heteroatoms. The van der Waals surface area contributed by atoms with E-state index in [1.54, 1.807) is 0 Å². The molecular weight excluding hydrogens is 234 g/mol. The van der Waals surface area contributed by atoms with E-state index in [1.165, 1.54) is 24.8 Å². The van der Waals surface area contributed by atoms with Gasteiger partial charge in [0.25, 0.3) is 0 Å². The number of fused-ring (bicyclic) bond motifs is 1. The maximum Gasteiger partial charge on any atom is 0.106 e. The molecular formula is C16H23N3. The molecule has 2 unspecified atom stereocenters. The first-order valence-corrected chi connectivity index (χ1v) is 7.39. The summed E-state index contributed by atoms with van der Waals surface area (Å²) < 4.78 is 2.32. The van der Waals surface area contributed by atoms with Crippen molar-refractivity contribution in [2.45, 2.75) is 45.7 Å². The summed E-state index contributed by atoms with van der Waals surface area (Å²) in [6, 6.07) is 9.12. The lowest BCUT2D eigenvalue weighted by Gasteiger charge is -2.13. The van der Waals surface area contributed by atoms with Crippen LogP contribution in [0.25, 0.3) is 11.0 Å². The summed E-state index contributed by atoms with van der Waals surface area (Å²) in [7, 11) is 0. The zero-order chi connectivity index (χ0) is 13.2. The smallest absolute Gasteiger partial charge is 0.106 e. The number of imidazole rings is 1. The summed E-state index contributed by atoms with van der Waals surface area (Å²) in [6.07, 6.45) is 4.05. The van der Waals surface area contributed by atoms with E-state index < -0.39 is 0 Å². The summed E-state index contributed by atoms with van der Waals surface area (Å²) in [6.45, 7) is 6.50. The van der Waals surface area contributed by atoms with Gasteiger partial charge in [-0.05, 0) is 44.2 Å². The highest BCUT2D eigenvalue weighted by Crippen LogP contribution is 2.24. The molecule has 0 aliphatic heterocycles. The Hall–Kier alpha value is -1.35. The molecule has 1 saturated carbocycles. The van der Waals surface area contributed by atoms with Crippen LogP contribution in [-0.2, 0) is 6.54 Å². The van der Waals surface area contributed by atoms with Gasteiger partial charge >= 0.3 is 0 Å². The molecule has 19 heavy (non-hydrogen) atoms. The predicted molar refractivity (Wildman–Crippen MR) is 79.3 cm³/mol. The molecule has 1 N–H and O–H groups in total. The zero-order valence-corrected chi connectivity index (χ0v) is 11.9. The molecule has 0 bridgehead atoms. The van der Waals surface area contributed by atoms with E-state index in [0.29, 0.717) is 0 Å². The fourth-order valence-electron chi connectivity index (χ4n) is 3.25. The van der Waals surface area contributed by atoms with Crippen LogP contribution in [0.2, 0.25) is 0 Å². The number of hydrogen-bond donors (Lipinski definition) is 1. The Labute approximate surface area is 115 Å². The van der Waals surface area contributed by atoms with Gasteiger partial charge in [-0.15, -0.1) is 0 Å². The SMILES string of the molecule is Cc1nc2ccccc2n1CCNC1CCC(C)C1. The van der Waals surface area contributed by atoms with Gasteiger partial charge in [0.1, 0.15) is 5.82 Å². The van der Waals surface area contributed by atoms with Gasteiger partial charge < -0.3 is 9.88 Å². The van der Waals surface area contributed by atoms with Crippen LogP contribution in [0.4, 0.5) is 0 Å². The van der Waals surface area contributed by atoms with Gasteiger partial charge in [0.2, 0.25) is 0 Å². The van der Waals surface area contributed by atoms with E-state index in [2.05, 4.69) is 53.0 Å². The summed E-state index contributed by atoms with van der Waals surface area (Å²) in [5.41, 5.74) is 2.36. The van der Waals surface area contributed by atoms with Crippen LogP contribution >= 0.6 is 0 Å². The van der Waals surface area contributed by atoms with Crippen LogP contribution in [0.15, 0.2) is 24.3 Å². The lowest BCUT2D eigenvalue weighted by atomic mass is 10.1. The number of rotatable bonds is 4. The summed E-state index contributed by atoms with van der Waals surface area (Å²) in [4.78, 5) is 4.61. The summed E-state index contributed by atoms with van der Waals surface area (Å²) >= 11 is 0. The highest BCUT2D eigenvalue weighted by atomic mass is 15.1. The highest BCUT2D eigenvalue weighted by Gasteiger charge is 2.20. The molecule has 2 aromatic rings. The molecule has 0 amide bonds. The van der Waals surface area contributed by atoms with Gasteiger partial charge in [0, 0.05) is 19.1 Å². The maximum atomic E-state index is 4.61. The standard InChI is InChI=1S/C16H23N3/c1-12-7-8-14(11-12)17-9-10-19-13(2)18-15-5-3-4-6-16(15)19/h3-6,12,14,17H,7-11H2,1-2H3. The number of aromatic nitrogens is 2. The topological polar surface area (TPSA) is 29.9 Å². The van der Waals surface area contributed by atoms with Gasteiger partial charge in [-0.3, -0.25) is 0 Å². The molecule has 2 atom stereocenters. The Kier molecular flexibility index (Phi) is 3.56. The molecule has 1 aromatic carbocycles. The van der Waals surface area contributed by atoms with Gasteiger partial charge in [0.05, 0.1) is 11.0 Å². The van der Waals surface area contributed by atoms with Crippen molar-refractivity contribution in [1.82, 2.24) is 14.9 Å². The van der Waals surface area contributed by atoms with E-state index in [4.69, 9.17) is 0 Å². The molecule has 0 radical (unpaired) electrons. The molecule has 0 saturated heterocycles. The minimum absolute atomic E-state index is 0.727. The maximum absolute atomic E-state index is 4.61. The molecule has 0 spiro atoms. The molecule has 1 aromatic heterocycles. The van der Waals surface area contributed by atoms with Crippen molar-refractivity contribution in [2.75, 3.05) is 6.54 Å². The first-order valence-electron chi connectivity index (χ1n) is 7.39. The van der Waals surface area contributed by atoms with E-state index in [9.17, 15) is 0 Å². The molecule has 1 heterocycles. The molecule has 3 rings (SSSR count). The Morgan fingerprint density at radius 1 is 1.32 bits per heavy atom. The molecule has 1 aliphatic rings. The second kappa shape index (κ2) is 5.33. The number of para-hydroxylation sites is 2. The third kappa shape index (κ3) is 2.66. The van der Waals surface area contributed by atoms with Crippen molar-refractivity contribution in [3.05, 3.63) is 30.1 Å². The zero-order valence-electron chi connectivity index (χ0n) is 11.9. The molecule has 102 valence electrons. The second-order valence-electron chi connectivity index (χ2n) is 5.87. The van der Waals surface area contributed by atoms with Crippen LogP contribution in [-0.4, -0.2) is 22.1 Å². The fourth-order valence-corrected chi connectivity index (χ4v) is 3.25. The predicted octanol–water partition coefficient (Wildman–Crippen LogP) is 3.12. The van der Waals surface area contributed by atoms with Crippen molar-refractivity contribution >= 4 is 11.0 Å². The first-order chi connectivity index (χ1) is 9.24. The van der Waals surface area contributed by atoms with Crippen LogP contribution in [0.3, 0.4) is 0 Å². The third-order valence-corrected chi connectivity index (χ3v) is 4.31. The first kappa shape index (κ1) is 12.7. The van der Waals surface area contributed by atoms with E-state index in [1.807, 2.05) is 0 Å². The largest absolute Gasteiger partial charge is 0.327 e. The Morgan fingerprint density at radius 2 is 2.16 bits per heavy atom. The molecule has 1 aliphatic carbocycles. The Bertz CT molecular complexity index is 558. The minimum atomic E-state index is 0.727. The highest BCUT2D eigenvalue weighted by molar-refractivity contribution is 5.75. The Morgan fingerprint density at radius 3 is 2.95 bits per heavy atom. The molecule has 3 nitrogen and oxygen atoms in total. The van der Waals surface area contributed by atoms with Crippen LogP contribution < -0.4 is 5.32 Å². The number of hydrogen-bond acceptors (Lipinski definition) is 2. The minimum Gasteiger partial charge on any atom is -0.327 e. The van der Waals surface area contributed by atoms with Crippen molar-refractivity contribution in [3.63, 3.8) is 0 Å². The van der Waals surface area contributed by atoms with Gasteiger partial charge in [-0.25, -0.2) is 4.98 Å². The van der Waals surface area contributed by atoms with Crippen molar-refractivity contribution in [1.29, 1.82) is 0 Å². The average molecular weight is 257 g/mol. The summed E-state index contributed by atoms with van der Waals surface area (Å²) in [5.74, 6) is 2.01. The third-order valence-electron chi connectivity index (χ3n) is 4.31.